The normalized spacial score (nSPS) is 11.0. The molecule has 0 saturated heterocycles. The van der Waals surface area contributed by atoms with Gasteiger partial charge in [0.25, 0.3) is 5.91 Å². The number of anilines is 1. The van der Waals surface area contributed by atoms with Gasteiger partial charge in [-0.25, -0.2) is 13.8 Å². The second-order valence-electron chi connectivity index (χ2n) is 5.36. The molecule has 0 radical (unpaired) electrons. The van der Waals surface area contributed by atoms with Crippen LogP contribution in [0.15, 0.2) is 65.5 Å². The number of imidazole rings is 1. The van der Waals surface area contributed by atoms with Crippen LogP contribution in [0.25, 0.3) is 17.0 Å². The SMILES string of the molecule is O=C(Nc1cc(F)ccc1F)c1cn2cc(-c3ccco3)ccc2n1. The summed E-state index contributed by atoms with van der Waals surface area (Å²) >= 11 is 0. The highest BCUT2D eigenvalue weighted by Gasteiger charge is 2.14. The summed E-state index contributed by atoms with van der Waals surface area (Å²) in [5.41, 5.74) is 1.21. The lowest BCUT2D eigenvalue weighted by Gasteiger charge is -2.04. The van der Waals surface area contributed by atoms with E-state index in [4.69, 9.17) is 4.42 Å². The Balaban J connectivity index is 1.65. The predicted molar refractivity (Wildman–Crippen MR) is 87.2 cm³/mol. The number of carbonyl (C=O) groups is 1. The molecule has 0 fully saturated rings. The van der Waals surface area contributed by atoms with Crippen molar-refractivity contribution < 1.29 is 18.0 Å². The maximum atomic E-state index is 13.6. The van der Waals surface area contributed by atoms with Crippen molar-refractivity contribution in [1.82, 2.24) is 9.38 Å². The van der Waals surface area contributed by atoms with Crippen molar-refractivity contribution in [2.24, 2.45) is 0 Å². The number of halogens is 2. The third-order valence-electron chi connectivity index (χ3n) is 3.67. The van der Waals surface area contributed by atoms with Crippen molar-refractivity contribution in [3.8, 4) is 11.3 Å². The van der Waals surface area contributed by atoms with Crippen LogP contribution in [-0.4, -0.2) is 15.3 Å². The average molecular weight is 339 g/mol. The van der Waals surface area contributed by atoms with Crippen LogP contribution in [0.4, 0.5) is 14.5 Å². The zero-order valence-electron chi connectivity index (χ0n) is 12.7. The van der Waals surface area contributed by atoms with E-state index in [0.717, 1.165) is 23.8 Å². The second-order valence-corrected chi connectivity index (χ2v) is 5.36. The minimum atomic E-state index is -0.724. The van der Waals surface area contributed by atoms with E-state index in [1.807, 2.05) is 12.1 Å². The third-order valence-corrected chi connectivity index (χ3v) is 3.67. The van der Waals surface area contributed by atoms with Gasteiger partial charge in [0.15, 0.2) is 0 Å². The Hall–Kier alpha value is -3.48. The Kier molecular flexibility index (Phi) is 3.53. The first-order valence-electron chi connectivity index (χ1n) is 7.39. The topological polar surface area (TPSA) is 59.5 Å². The Labute approximate surface area is 140 Å². The monoisotopic (exact) mass is 339 g/mol. The molecule has 4 aromatic rings. The molecule has 124 valence electrons. The number of aromatic nitrogens is 2. The molecule has 0 bridgehead atoms. The highest BCUT2D eigenvalue weighted by atomic mass is 19.1. The zero-order chi connectivity index (χ0) is 17.4. The largest absolute Gasteiger partial charge is 0.464 e. The van der Waals surface area contributed by atoms with E-state index in [-0.39, 0.29) is 11.4 Å². The van der Waals surface area contributed by atoms with Gasteiger partial charge < -0.3 is 14.1 Å². The summed E-state index contributed by atoms with van der Waals surface area (Å²) in [6, 6.07) is 9.99. The molecule has 1 amide bonds. The molecule has 25 heavy (non-hydrogen) atoms. The number of rotatable bonds is 3. The number of amides is 1. The van der Waals surface area contributed by atoms with Gasteiger partial charge in [0.05, 0.1) is 12.0 Å². The summed E-state index contributed by atoms with van der Waals surface area (Å²) in [4.78, 5) is 16.5. The maximum absolute atomic E-state index is 13.6. The van der Waals surface area contributed by atoms with E-state index in [0.29, 0.717) is 11.4 Å². The van der Waals surface area contributed by atoms with Crippen LogP contribution in [-0.2, 0) is 0 Å². The maximum Gasteiger partial charge on any atom is 0.275 e. The first-order valence-corrected chi connectivity index (χ1v) is 7.39. The van der Waals surface area contributed by atoms with Crippen LogP contribution in [0.3, 0.4) is 0 Å². The molecule has 1 aromatic carbocycles. The molecule has 0 aliphatic rings. The number of hydrogen-bond donors (Lipinski definition) is 1. The highest BCUT2D eigenvalue weighted by Crippen LogP contribution is 2.21. The molecule has 0 spiro atoms. The molecule has 7 heteroatoms. The van der Waals surface area contributed by atoms with E-state index >= 15 is 0 Å². The van der Waals surface area contributed by atoms with Crippen LogP contribution >= 0.6 is 0 Å². The number of pyridine rings is 1. The molecule has 3 heterocycles. The van der Waals surface area contributed by atoms with Gasteiger partial charge in [-0.2, -0.15) is 0 Å². The van der Waals surface area contributed by atoms with Gasteiger partial charge in [-0.15, -0.1) is 0 Å². The molecule has 0 aliphatic carbocycles. The van der Waals surface area contributed by atoms with Crippen LogP contribution in [0.5, 0.6) is 0 Å². The van der Waals surface area contributed by atoms with Crippen molar-refractivity contribution in [1.29, 1.82) is 0 Å². The van der Waals surface area contributed by atoms with E-state index in [2.05, 4.69) is 10.3 Å². The number of hydrogen-bond acceptors (Lipinski definition) is 3. The predicted octanol–water partition coefficient (Wildman–Crippen LogP) is 4.12. The van der Waals surface area contributed by atoms with Crippen LogP contribution < -0.4 is 5.32 Å². The van der Waals surface area contributed by atoms with Crippen molar-refractivity contribution in [3.63, 3.8) is 0 Å². The zero-order valence-corrected chi connectivity index (χ0v) is 12.7. The second kappa shape index (κ2) is 5.86. The minimum absolute atomic E-state index is 0.0836. The molecule has 3 aromatic heterocycles. The summed E-state index contributed by atoms with van der Waals surface area (Å²) in [5.74, 6) is -1.32. The van der Waals surface area contributed by atoms with Crippen LogP contribution in [0.1, 0.15) is 10.5 Å². The van der Waals surface area contributed by atoms with Gasteiger partial charge >= 0.3 is 0 Å². The molecular weight excluding hydrogens is 328 g/mol. The number of carbonyl (C=O) groups excluding carboxylic acids is 1. The third kappa shape index (κ3) is 2.87. The van der Waals surface area contributed by atoms with Gasteiger partial charge in [-0.05, 0) is 36.4 Å². The summed E-state index contributed by atoms with van der Waals surface area (Å²) in [5, 5.41) is 2.32. The van der Waals surface area contributed by atoms with Gasteiger partial charge in [0, 0.05) is 24.0 Å². The summed E-state index contributed by atoms with van der Waals surface area (Å²) in [7, 11) is 0. The minimum Gasteiger partial charge on any atom is -0.464 e. The first-order chi connectivity index (χ1) is 12.1. The van der Waals surface area contributed by atoms with Crippen molar-refractivity contribution in [2.75, 3.05) is 5.32 Å². The Bertz CT molecular complexity index is 1070. The standard InChI is InChI=1S/C18H11F2N3O2/c19-12-4-5-13(20)14(8-12)22-18(24)15-10-23-9-11(3-6-17(23)21-15)16-2-1-7-25-16/h1-10H,(H,22,24). The van der Waals surface area contributed by atoms with E-state index in [9.17, 15) is 13.6 Å². The fraction of sp³-hybridized carbons (Fsp3) is 0. The van der Waals surface area contributed by atoms with Crippen molar-refractivity contribution in [3.05, 3.63) is 78.4 Å². The quantitative estimate of drug-likeness (QED) is 0.611. The van der Waals surface area contributed by atoms with E-state index < -0.39 is 17.5 Å². The fourth-order valence-electron chi connectivity index (χ4n) is 2.47. The van der Waals surface area contributed by atoms with Gasteiger partial charge in [0.2, 0.25) is 0 Å². The molecule has 0 unspecified atom stereocenters. The number of nitrogens with one attached hydrogen (secondary N) is 1. The molecule has 4 rings (SSSR count). The smallest absolute Gasteiger partial charge is 0.275 e. The van der Waals surface area contributed by atoms with Crippen molar-refractivity contribution in [2.45, 2.75) is 0 Å². The molecular formula is C18H11F2N3O2. The van der Waals surface area contributed by atoms with Crippen LogP contribution in [0, 0.1) is 11.6 Å². The number of nitrogens with zero attached hydrogens (tertiary/aromatic N) is 2. The van der Waals surface area contributed by atoms with Crippen molar-refractivity contribution >= 4 is 17.2 Å². The molecule has 5 nitrogen and oxygen atoms in total. The Morgan fingerprint density at radius 2 is 2.00 bits per heavy atom. The highest BCUT2D eigenvalue weighted by molar-refractivity contribution is 6.03. The summed E-state index contributed by atoms with van der Waals surface area (Å²) in [6.45, 7) is 0. The summed E-state index contributed by atoms with van der Waals surface area (Å²) in [6.07, 6.45) is 4.84. The Morgan fingerprint density at radius 3 is 2.80 bits per heavy atom. The molecule has 0 atom stereocenters. The molecule has 1 N–H and O–H groups in total. The van der Waals surface area contributed by atoms with E-state index in [1.54, 1.807) is 29.0 Å². The lowest BCUT2D eigenvalue weighted by molar-refractivity contribution is 0.102. The number of fused-ring (bicyclic) bond motifs is 1. The lowest BCUT2D eigenvalue weighted by atomic mass is 10.2. The van der Waals surface area contributed by atoms with Gasteiger partial charge in [-0.1, -0.05) is 0 Å². The Morgan fingerprint density at radius 1 is 1.12 bits per heavy atom. The summed E-state index contributed by atoms with van der Waals surface area (Å²) < 4.78 is 33.8. The molecule has 0 aliphatic heterocycles. The lowest BCUT2D eigenvalue weighted by Crippen LogP contribution is -2.13. The number of benzene rings is 1. The molecule has 0 saturated carbocycles. The fourth-order valence-corrected chi connectivity index (χ4v) is 2.47. The number of furan rings is 1. The van der Waals surface area contributed by atoms with E-state index in [1.165, 1.54) is 6.20 Å². The van der Waals surface area contributed by atoms with Gasteiger partial charge in [-0.3, -0.25) is 4.79 Å². The van der Waals surface area contributed by atoms with Gasteiger partial charge in [0.1, 0.15) is 28.7 Å². The first kappa shape index (κ1) is 15.1. The average Bonchev–Trinajstić information content (AvgIpc) is 3.26. The van der Waals surface area contributed by atoms with Crippen LogP contribution in [0.2, 0.25) is 0 Å².